The van der Waals surface area contributed by atoms with E-state index in [0.29, 0.717) is 11.4 Å². The molecule has 0 aliphatic carbocycles. The molecule has 2 aromatic rings. The second-order valence-corrected chi connectivity index (χ2v) is 27.6. The zero-order valence-electron chi connectivity index (χ0n) is 59.1. The number of aromatic amines is 1. The van der Waals surface area contributed by atoms with Gasteiger partial charge in [-0.25, -0.2) is 9.78 Å². The number of hydrogen-bond acceptors (Lipinski definition) is 25. The van der Waals surface area contributed by atoms with Crippen LogP contribution in [0.3, 0.4) is 0 Å². The van der Waals surface area contributed by atoms with Crippen molar-refractivity contribution in [3.8, 4) is 5.75 Å². The molecule has 0 unspecified atom stereocenters. The smallest absolute Gasteiger partial charge is 0.327 e. The molecule has 0 aliphatic rings. The molecule has 0 spiro atoms. The Morgan fingerprint density at radius 2 is 0.962 bits per heavy atom. The predicted molar refractivity (Wildman–Crippen MR) is 380 cm³/mol. The highest BCUT2D eigenvalue weighted by Crippen LogP contribution is 2.16. The van der Waals surface area contributed by atoms with E-state index in [4.69, 9.17) is 5.73 Å². The van der Waals surface area contributed by atoms with Gasteiger partial charge in [-0.15, -0.1) is 23.5 Å². The average Bonchev–Trinajstić information content (AvgIpc) is 1.16. The van der Waals surface area contributed by atoms with Crippen LogP contribution in [0.25, 0.3) is 0 Å². The van der Waals surface area contributed by atoms with Gasteiger partial charge in [0.1, 0.15) is 72.2 Å². The van der Waals surface area contributed by atoms with Crippen molar-refractivity contribution in [2.75, 3.05) is 48.5 Å². The average molecular weight is 1540 g/mol. The molecule has 13 amide bonds. The van der Waals surface area contributed by atoms with Crippen molar-refractivity contribution in [1.82, 2.24) is 79.1 Å². The highest BCUT2D eigenvalue weighted by molar-refractivity contribution is 7.99. The van der Waals surface area contributed by atoms with E-state index >= 15 is 0 Å². The number of nitrogens with zero attached hydrogens (tertiary/aromatic N) is 1. The first-order valence-corrected chi connectivity index (χ1v) is 36.7. The number of aliphatic hydroxyl groups excluding tert-OH is 3. The number of carboxylic acid groups (broad SMARTS) is 3. The number of phenolic OH excluding ortho intramolecular Hbond substituents is 1. The van der Waals surface area contributed by atoms with Crippen molar-refractivity contribution in [1.29, 1.82) is 0 Å². The maximum atomic E-state index is 14.4. The number of rotatable bonds is 50. The predicted octanol–water partition coefficient (Wildman–Crippen LogP) is -6.15. The van der Waals surface area contributed by atoms with Crippen LogP contribution < -0.4 is 74.9 Å². The van der Waals surface area contributed by atoms with Gasteiger partial charge in [-0.05, 0) is 67.7 Å². The fourth-order valence-electron chi connectivity index (χ4n) is 9.39. The second-order valence-electron chi connectivity index (χ2n) is 24.5. The summed E-state index contributed by atoms with van der Waals surface area (Å²) in [5, 5.41) is 102. The molecule has 14 atom stereocenters. The van der Waals surface area contributed by atoms with Gasteiger partial charge in [-0.1, -0.05) is 46.2 Å². The fraction of sp³-hybridized carbons (Fsp3) is 0.603. The number of aliphatic hydroxyl groups is 3. The first-order valence-electron chi connectivity index (χ1n) is 33.0. The molecule has 23 N–H and O–H groups in total. The molecule has 0 radical (unpaired) electrons. The maximum Gasteiger partial charge on any atom is 0.327 e. The Morgan fingerprint density at radius 3 is 1.44 bits per heavy atom. The number of benzene rings is 1. The molecular formula is C63H98N16O23S3. The van der Waals surface area contributed by atoms with Crippen molar-refractivity contribution in [2.45, 2.75) is 178 Å². The minimum Gasteiger partial charge on any atom is -0.508 e. The molecule has 42 heteroatoms. The largest absolute Gasteiger partial charge is 0.508 e. The number of thioether (sulfide) groups is 3. The van der Waals surface area contributed by atoms with E-state index in [-0.39, 0.29) is 66.2 Å². The van der Waals surface area contributed by atoms with Crippen LogP contribution >= 0.6 is 35.3 Å². The molecule has 39 nitrogen and oxygen atoms in total. The molecule has 586 valence electrons. The summed E-state index contributed by atoms with van der Waals surface area (Å²) in [6.07, 6.45) is -0.614. The Hall–Kier alpha value is -9.36. The molecular weight excluding hydrogens is 1440 g/mol. The molecule has 2 rings (SSSR count). The summed E-state index contributed by atoms with van der Waals surface area (Å²) in [6.45, 7) is 7.51. The molecule has 0 saturated carbocycles. The second kappa shape index (κ2) is 47.9. The van der Waals surface area contributed by atoms with E-state index in [1.165, 1.54) is 62.4 Å². The van der Waals surface area contributed by atoms with Crippen LogP contribution in [0.5, 0.6) is 5.75 Å². The number of carbonyl (C=O) groups excluding carboxylic acids is 13. The Bertz CT molecular complexity index is 3270. The van der Waals surface area contributed by atoms with Crippen LogP contribution in [-0.2, 0) is 89.6 Å². The number of carbonyl (C=O) groups is 16. The van der Waals surface area contributed by atoms with Crippen LogP contribution in [0.2, 0.25) is 0 Å². The highest BCUT2D eigenvalue weighted by atomic mass is 32.2. The fourth-order valence-corrected chi connectivity index (χ4v) is 11.6. The number of aromatic hydroxyl groups is 1. The molecule has 1 aromatic carbocycles. The van der Waals surface area contributed by atoms with E-state index in [1.807, 2.05) is 0 Å². The Labute approximate surface area is 617 Å². The lowest BCUT2D eigenvalue weighted by molar-refractivity contribution is -0.142. The third kappa shape index (κ3) is 34.9. The van der Waals surface area contributed by atoms with E-state index in [1.54, 1.807) is 34.0 Å². The van der Waals surface area contributed by atoms with Gasteiger partial charge in [0.05, 0.1) is 49.9 Å². The van der Waals surface area contributed by atoms with E-state index in [2.05, 4.69) is 79.1 Å². The van der Waals surface area contributed by atoms with E-state index in [0.717, 1.165) is 30.4 Å². The summed E-state index contributed by atoms with van der Waals surface area (Å²) in [5.41, 5.74) is 6.70. The lowest BCUT2D eigenvalue weighted by atomic mass is 9.96. The summed E-state index contributed by atoms with van der Waals surface area (Å²) in [4.78, 5) is 219. The third-order valence-corrected chi connectivity index (χ3v) is 17.9. The number of phenols is 1. The molecule has 0 bridgehead atoms. The number of imidazole rings is 1. The van der Waals surface area contributed by atoms with Crippen molar-refractivity contribution >= 4 is 130 Å². The maximum absolute atomic E-state index is 14.4. The SMILES string of the molecule is CC[C@H](C)[C@H](NC(=O)[C@H](Cc1cnc[nH]1)NC(=O)[C@H](CCSC)NC(=O)[C@@H](N)CSCNC(C)=O)C(=O)N[C@@H](CCC(=O)O)C(=O)N[C@@H](CO)C(=O)N[C@@H](CC(C)C)C(=O)N[C@@H](CC(=O)O)C(=O)N[C@@H](CO)C(=O)N[C@@H](Cc1ccc(O)cc1)C(=O)N[C@H](C(=O)N[C@@H](CSCNC(C)=O)C(=O)O)[C@@H](C)O. The number of aliphatic carboxylic acids is 3. The number of nitrogens with two attached hydrogens (primary N) is 1. The summed E-state index contributed by atoms with van der Waals surface area (Å²) in [5.74, 6) is -19.0. The molecule has 105 heavy (non-hydrogen) atoms. The molecule has 0 aliphatic heterocycles. The first-order chi connectivity index (χ1) is 49.4. The number of amides is 13. The van der Waals surface area contributed by atoms with Gasteiger partial charge in [0.2, 0.25) is 76.8 Å². The van der Waals surface area contributed by atoms with Gasteiger partial charge in [0.15, 0.2) is 0 Å². The van der Waals surface area contributed by atoms with Crippen molar-refractivity contribution in [2.24, 2.45) is 17.6 Å². The molecule has 1 aromatic heterocycles. The molecule has 0 fully saturated rings. The topological polar surface area (TPSA) is 626 Å². The zero-order valence-corrected chi connectivity index (χ0v) is 61.6. The number of carboxylic acids is 3. The summed E-state index contributed by atoms with van der Waals surface area (Å²) >= 11 is 3.44. The number of H-pyrrole nitrogens is 1. The quantitative estimate of drug-likeness (QED) is 0.0216. The van der Waals surface area contributed by atoms with Crippen LogP contribution in [0, 0.1) is 11.8 Å². The van der Waals surface area contributed by atoms with Crippen LogP contribution in [0.4, 0.5) is 0 Å². The number of aromatic nitrogens is 2. The highest BCUT2D eigenvalue weighted by Gasteiger charge is 2.39. The Morgan fingerprint density at radius 1 is 0.524 bits per heavy atom. The number of hydrogen-bond donors (Lipinski definition) is 22. The van der Waals surface area contributed by atoms with Gasteiger partial charge in [0, 0.05) is 56.5 Å². The molecule has 1 heterocycles. The van der Waals surface area contributed by atoms with Crippen LogP contribution in [0.1, 0.15) is 98.2 Å². The van der Waals surface area contributed by atoms with Gasteiger partial charge in [-0.2, -0.15) is 11.8 Å². The summed E-state index contributed by atoms with van der Waals surface area (Å²) in [6, 6.07) is -15.2. The monoisotopic (exact) mass is 1540 g/mol. The van der Waals surface area contributed by atoms with Crippen molar-refractivity contribution in [3.05, 3.63) is 48.0 Å². The standard InChI is InChI=1S/C63H98N16O23S3/c1-9-31(4)50(78-58(96)43(20-36-22-65-27-66-36)73-54(92)40(16-17-103-8)69-52(90)38(64)25-104-28-67-33(6)83)61(99)70-39(14-15-48(86)87)53(91)75-45(23-80)59(97)71-41(18-30(2)3)55(93)74-44(21-49(88)89)56(94)76-46(24-81)60(98)72-42(19-35-10-12-37(85)13-11-35)57(95)79-51(32(5)82)62(100)77-47(63(101)102)26-105-29-68-34(7)84/h10-13,22,27,30-32,38-47,50-51,80-82,85H,9,14-21,23-26,28-29,64H2,1-8H3,(H,65,66)(H,67,83)(H,68,84)(H,69,90)(H,70,99)(H,71,97)(H,72,98)(H,73,92)(H,74,93)(H,75,91)(H,76,94)(H,77,100)(H,78,96)(H,79,95)(H,86,87)(H,88,89)(H,101,102)/t31-,32+,38-,39-,40-,41-,42-,43-,44-,45-,46-,47-,50-,51-/m0/s1. The van der Waals surface area contributed by atoms with Gasteiger partial charge < -0.3 is 116 Å². The third-order valence-electron chi connectivity index (χ3n) is 15.4. The van der Waals surface area contributed by atoms with Gasteiger partial charge >= 0.3 is 17.9 Å². The van der Waals surface area contributed by atoms with Gasteiger partial charge in [-0.3, -0.25) is 71.9 Å². The van der Waals surface area contributed by atoms with Crippen molar-refractivity contribution < 1.29 is 112 Å². The lowest BCUT2D eigenvalue weighted by Crippen LogP contribution is -2.62. The summed E-state index contributed by atoms with van der Waals surface area (Å²) < 4.78 is 0. The van der Waals surface area contributed by atoms with Crippen molar-refractivity contribution in [3.63, 3.8) is 0 Å². The Kier molecular flexibility index (Phi) is 41.8. The normalized spacial score (nSPS) is 15.1. The van der Waals surface area contributed by atoms with E-state index < -0.39 is 218 Å². The van der Waals surface area contributed by atoms with Crippen LogP contribution in [-0.4, -0.2) is 268 Å². The first kappa shape index (κ1) is 91.7. The Balaban J connectivity index is 2.43. The minimum absolute atomic E-state index is 0.0323. The zero-order chi connectivity index (χ0) is 79.2. The summed E-state index contributed by atoms with van der Waals surface area (Å²) in [7, 11) is 0. The number of nitrogens with one attached hydrogen (secondary N) is 14. The van der Waals surface area contributed by atoms with Crippen LogP contribution in [0.15, 0.2) is 36.8 Å². The van der Waals surface area contributed by atoms with Gasteiger partial charge in [0.25, 0.3) is 0 Å². The lowest BCUT2D eigenvalue weighted by Gasteiger charge is -2.29. The minimum atomic E-state index is -2.12. The molecule has 0 saturated heterocycles. The van der Waals surface area contributed by atoms with E-state index in [9.17, 15) is 112 Å².